The number of alkyl halides is 2. The maximum absolute atomic E-state index is 12.7. The highest BCUT2D eigenvalue weighted by Gasteiger charge is 2.19. The van der Waals surface area contributed by atoms with E-state index in [9.17, 15) is 22.0 Å². The van der Waals surface area contributed by atoms with Crippen molar-refractivity contribution in [3.05, 3.63) is 47.5 Å². The molecule has 0 aromatic heterocycles. The van der Waals surface area contributed by atoms with Gasteiger partial charge in [0.05, 0.1) is 0 Å². The third kappa shape index (κ3) is 7.66. The molecule has 0 aliphatic carbocycles. The van der Waals surface area contributed by atoms with Crippen molar-refractivity contribution in [2.45, 2.75) is 44.1 Å². The fraction of sp³-hybridized carbons (Fsp3) is 0.458. The van der Waals surface area contributed by atoms with E-state index in [0.29, 0.717) is 19.4 Å². The van der Waals surface area contributed by atoms with Gasteiger partial charge in [0.25, 0.3) is 0 Å². The van der Waals surface area contributed by atoms with Crippen LogP contribution in [0.4, 0.5) is 14.5 Å². The van der Waals surface area contributed by atoms with Crippen LogP contribution < -0.4 is 14.8 Å². The van der Waals surface area contributed by atoms with Gasteiger partial charge in [-0.2, -0.15) is 8.78 Å². The van der Waals surface area contributed by atoms with Crippen LogP contribution in [-0.4, -0.2) is 58.3 Å². The molecule has 0 unspecified atom stereocenters. The summed E-state index contributed by atoms with van der Waals surface area (Å²) in [5.74, 6) is -0.212. The molecule has 1 amide bonds. The van der Waals surface area contributed by atoms with Crippen molar-refractivity contribution in [3.8, 4) is 11.5 Å². The second-order valence-corrected chi connectivity index (χ2v) is 10.3. The summed E-state index contributed by atoms with van der Waals surface area (Å²) in [6.07, 6.45) is 3.77. The monoisotopic (exact) mass is 496 g/mol. The van der Waals surface area contributed by atoms with Crippen LogP contribution in [0, 0.1) is 6.92 Å². The Bertz CT molecular complexity index is 1110. The van der Waals surface area contributed by atoms with E-state index in [4.69, 9.17) is 4.74 Å². The number of nitrogens with one attached hydrogen (secondary N) is 1. The van der Waals surface area contributed by atoms with Crippen LogP contribution in [0.25, 0.3) is 0 Å². The summed E-state index contributed by atoms with van der Waals surface area (Å²) in [6, 6.07) is 9.83. The molecule has 186 valence electrons. The van der Waals surface area contributed by atoms with E-state index in [1.165, 1.54) is 18.2 Å². The first-order valence-electron chi connectivity index (χ1n) is 11.2. The topological polar surface area (TPSA) is 84.9 Å². The third-order valence-electron chi connectivity index (χ3n) is 5.54. The zero-order chi connectivity index (χ0) is 24.7. The molecule has 2 aromatic carbocycles. The van der Waals surface area contributed by atoms with Crippen LogP contribution >= 0.6 is 0 Å². The fourth-order valence-electron chi connectivity index (χ4n) is 3.92. The maximum atomic E-state index is 12.7. The predicted molar refractivity (Wildman–Crippen MR) is 125 cm³/mol. The lowest BCUT2D eigenvalue weighted by molar-refractivity contribution is -0.116. The van der Waals surface area contributed by atoms with Crippen LogP contribution in [0.2, 0.25) is 0 Å². The number of nitrogens with zero attached hydrogens (tertiary/aromatic N) is 1. The van der Waals surface area contributed by atoms with Gasteiger partial charge in [-0.1, -0.05) is 17.7 Å². The van der Waals surface area contributed by atoms with Gasteiger partial charge >= 0.3 is 6.61 Å². The minimum Gasteiger partial charge on any atom is -0.492 e. The second kappa shape index (κ2) is 11.6. The van der Waals surface area contributed by atoms with Crippen molar-refractivity contribution in [3.63, 3.8) is 0 Å². The molecular formula is C24H30F2N2O5S. The molecule has 34 heavy (non-hydrogen) atoms. The average Bonchev–Trinajstić information content (AvgIpc) is 2.76. The van der Waals surface area contributed by atoms with E-state index in [1.807, 2.05) is 19.1 Å². The first-order chi connectivity index (χ1) is 16.1. The number of ether oxygens (including phenoxy) is 2. The number of amides is 1. The summed E-state index contributed by atoms with van der Waals surface area (Å²) in [4.78, 5) is 14.2. The van der Waals surface area contributed by atoms with Gasteiger partial charge in [0, 0.05) is 31.0 Å². The smallest absolute Gasteiger partial charge is 0.387 e. The summed E-state index contributed by atoms with van der Waals surface area (Å²) in [5, 5.41) is 3.01. The van der Waals surface area contributed by atoms with Gasteiger partial charge in [0.1, 0.15) is 23.0 Å². The highest BCUT2D eigenvalue weighted by Crippen LogP contribution is 2.30. The standard InChI is InChI=1S/C24H30F2N2O5S/c1-17-7-9-20-18(15-17)5-3-11-28(12-4-6-23(29)27-20)13-14-32-19-8-10-22(34(2,30)31)21(16-19)33-24(25)26/h7-10,15-16,24H,3-6,11-14H2,1-2H3,(H,27,29). The number of benzene rings is 2. The molecule has 1 heterocycles. The molecule has 3 rings (SSSR count). The molecule has 0 bridgehead atoms. The lowest BCUT2D eigenvalue weighted by Crippen LogP contribution is -2.31. The van der Waals surface area contributed by atoms with E-state index < -0.39 is 22.2 Å². The number of anilines is 1. The highest BCUT2D eigenvalue weighted by atomic mass is 32.2. The number of aryl methyl sites for hydroxylation is 2. The summed E-state index contributed by atoms with van der Waals surface area (Å²) in [7, 11) is -3.73. The Morgan fingerprint density at radius 2 is 1.82 bits per heavy atom. The molecule has 0 spiro atoms. The van der Waals surface area contributed by atoms with Crippen LogP contribution in [0.3, 0.4) is 0 Å². The Hall–Kier alpha value is -2.72. The number of rotatable bonds is 7. The number of fused-ring (bicyclic) bond motifs is 1. The molecule has 1 aliphatic heterocycles. The van der Waals surface area contributed by atoms with Gasteiger partial charge in [0.15, 0.2) is 9.84 Å². The Kier molecular flexibility index (Phi) is 8.84. The molecule has 10 heteroatoms. The first kappa shape index (κ1) is 25.9. The number of halogens is 2. The van der Waals surface area contributed by atoms with Crippen LogP contribution in [-0.2, 0) is 21.1 Å². The number of hydrogen-bond donors (Lipinski definition) is 1. The maximum Gasteiger partial charge on any atom is 0.387 e. The van der Waals surface area contributed by atoms with Crippen molar-refractivity contribution < 1.29 is 31.5 Å². The lowest BCUT2D eigenvalue weighted by atomic mass is 10.0. The molecule has 0 radical (unpaired) electrons. The molecule has 0 saturated carbocycles. The van der Waals surface area contributed by atoms with E-state index in [0.717, 1.165) is 49.0 Å². The van der Waals surface area contributed by atoms with E-state index in [1.54, 1.807) is 0 Å². The average molecular weight is 497 g/mol. The summed E-state index contributed by atoms with van der Waals surface area (Å²) < 4.78 is 59.2. The molecule has 0 atom stereocenters. The summed E-state index contributed by atoms with van der Waals surface area (Å²) >= 11 is 0. The first-order valence-corrected chi connectivity index (χ1v) is 13.0. The molecule has 1 N–H and O–H groups in total. The Labute approximate surface area is 199 Å². The Morgan fingerprint density at radius 1 is 1.09 bits per heavy atom. The molecule has 0 fully saturated rings. The molecule has 0 saturated heterocycles. The minimum atomic E-state index is -3.73. The van der Waals surface area contributed by atoms with E-state index in [2.05, 4.69) is 21.0 Å². The summed E-state index contributed by atoms with van der Waals surface area (Å²) in [6.45, 7) is 1.25. The number of carbonyl (C=O) groups excluding carboxylic acids is 1. The zero-order valence-corrected chi connectivity index (χ0v) is 20.2. The molecule has 2 aromatic rings. The fourth-order valence-corrected chi connectivity index (χ4v) is 4.71. The SMILES string of the molecule is Cc1ccc2c(c1)CCCN(CCOc1ccc(S(C)(=O)=O)c(OC(F)F)c1)CCCC(=O)N2. The highest BCUT2D eigenvalue weighted by molar-refractivity contribution is 7.90. The third-order valence-corrected chi connectivity index (χ3v) is 6.68. The van der Waals surface area contributed by atoms with Crippen LogP contribution in [0.1, 0.15) is 30.4 Å². The summed E-state index contributed by atoms with van der Waals surface area (Å²) in [5.41, 5.74) is 3.13. The normalized spacial score (nSPS) is 15.9. The van der Waals surface area contributed by atoms with Gasteiger partial charge < -0.3 is 14.8 Å². The molecule has 1 aliphatic rings. The van der Waals surface area contributed by atoms with Crippen LogP contribution in [0.5, 0.6) is 11.5 Å². The zero-order valence-electron chi connectivity index (χ0n) is 19.4. The largest absolute Gasteiger partial charge is 0.492 e. The van der Waals surface area contributed by atoms with Crippen molar-refractivity contribution >= 4 is 21.4 Å². The lowest BCUT2D eigenvalue weighted by Gasteiger charge is -2.22. The molecular weight excluding hydrogens is 466 g/mol. The number of hydrogen-bond acceptors (Lipinski definition) is 6. The van der Waals surface area contributed by atoms with Gasteiger partial charge in [-0.25, -0.2) is 8.42 Å². The van der Waals surface area contributed by atoms with Gasteiger partial charge in [0.2, 0.25) is 5.91 Å². The van der Waals surface area contributed by atoms with E-state index >= 15 is 0 Å². The van der Waals surface area contributed by atoms with Crippen molar-refractivity contribution in [1.29, 1.82) is 0 Å². The van der Waals surface area contributed by atoms with Crippen LogP contribution in [0.15, 0.2) is 41.3 Å². The van der Waals surface area contributed by atoms with Crippen molar-refractivity contribution in [1.82, 2.24) is 4.90 Å². The quantitative estimate of drug-likeness (QED) is 0.623. The Balaban J connectivity index is 1.62. The number of sulfone groups is 1. The predicted octanol–water partition coefficient (Wildman–Crippen LogP) is 4.05. The van der Waals surface area contributed by atoms with E-state index in [-0.39, 0.29) is 23.2 Å². The molecule has 7 nitrogen and oxygen atoms in total. The van der Waals surface area contributed by atoms with Crippen molar-refractivity contribution in [2.24, 2.45) is 0 Å². The number of carbonyl (C=O) groups is 1. The van der Waals surface area contributed by atoms with Gasteiger partial charge in [-0.15, -0.1) is 0 Å². The minimum absolute atomic E-state index is 0.0132. The van der Waals surface area contributed by atoms with Gasteiger partial charge in [-0.05, 0) is 63.0 Å². The Morgan fingerprint density at radius 3 is 2.53 bits per heavy atom. The second-order valence-electron chi connectivity index (χ2n) is 8.37. The van der Waals surface area contributed by atoms with Gasteiger partial charge in [-0.3, -0.25) is 9.69 Å². The van der Waals surface area contributed by atoms with Crippen molar-refractivity contribution in [2.75, 3.05) is 37.8 Å².